The molecule has 0 amide bonds. The maximum atomic E-state index is 13.5. The van der Waals surface area contributed by atoms with Crippen LogP contribution in [0.1, 0.15) is 10.4 Å². The lowest BCUT2D eigenvalue weighted by atomic mass is 10.2. The summed E-state index contributed by atoms with van der Waals surface area (Å²) in [6.45, 7) is -0.0222. The molecule has 1 nitrogen and oxygen atoms in total. The van der Waals surface area contributed by atoms with Gasteiger partial charge in [0, 0.05) is 10.1 Å². The summed E-state index contributed by atoms with van der Waals surface area (Å²) in [5.74, 6) is -0.0379. The monoisotopic (exact) mass is 230 g/mol. The standard InChI is InChI=1S/C10H8ClFOS/c11-4-9-10(12)7-2-1-6(5-13)3-8(7)14-9/h1-3,13H,4-5H2. The molecule has 0 aliphatic carbocycles. The Morgan fingerprint density at radius 1 is 1.43 bits per heavy atom. The van der Waals surface area contributed by atoms with Gasteiger partial charge in [-0.3, -0.25) is 0 Å². The molecule has 1 heterocycles. The van der Waals surface area contributed by atoms with Crippen molar-refractivity contribution in [2.75, 3.05) is 0 Å². The molecular formula is C10H8ClFOS. The lowest BCUT2D eigenvalue weighted by Gasteiger charge is -1.94. The highest BCUT2D eigenvalue weighted by Crippen LogP contribution is 2.31. The second kappa shape index (κ2) is 3.85. The zero-order chi connectivity index (χ0) is 10.1. The Labute approximate surface area is 89.7 Å². The molecule has 0 aliphatic rings. The van der Waals surface area contributed by atoms with Crippen LogP contribution < -0.4 is 0 Å². The number of hydrogen-bond acceptors (Lipinski definition) is 2. The van der Waals surface area contributed by atoms with E-state index < -0.39 is 0 Å². The molecule has 0 aliphatic heterocycles. The summed E-state index contributed by atoms with van der Waals surface area (Å²) in [4.78, 5) is 0.553. The minimum atomic E-state index is -0.232. The second-order valence-corrected chi connectivity index (χ2v) is 4.37. The Morgan fingerprint density at radius 2 is 2.21 bits per heavy atom. The first kappa shape index (κ1) is 9.90. The molecule has 2 aromatic rings. The highest BCUT2D eigenvalue weighted by Gasteiger charge is 2.10. The predicted molar refractivity (Wildman–Crippen MR) is 57.3 cm³/mol. The van der Waals surface area contributed by atoms with E-state index in [-0.39, 0.29) is 18.3 Å². The number of halogens is 2. The molecule has 0 fully saturated rings. The van der Waals surface area contributed by atoms with Crippen molar-refractivity contribution in [2.24, 2.45) is 0 Å². The Morgan fingerprint density at radius 3 is 2.86 bits per heavy atom. The zero-order valence-electron chi connectivity index (χ0n) is 7.26. The van der Waals surface area contributed by atoms with Gasteiger partial charge < -0.3 is 5.11 Å². The fourth-order valence-electron chi connectivity index (χ4n) is 1.34. The second-order valence-electron chi connectivity index (χ2n) is 2.96. The van der Waals surface area contributed by atoms with Gasteiger partial charge in [0.2, 0.25) is 0 Å². The average Bonchev–Trinajstić information content (AvgIpc) is 2.55. The molecule has 14 heavy (non-hydrogen) atoms. The number of hydrogen-bond donors (Lipinski definition) is 1. The van der Waals surface area contributed by atoms with E-state index in [4.69, 9.17) is 16.7 Å². The quantitative estimate of drug-likeness (QED) is 0.786. The van der Waals surface area contributed by atoms with Crippen LogP contribution in [-0.4, -0.2) is 5.11 Å². The molecule has 1 aromatic carbocycles. The van der Waals surface area contributed by atoms with Crippen LogP contribution in [0.2, 0.25) is 0 Å². The van der Waals surface area contributed by atoms with Crippen molar-refractivity contribution in [1.82, 2.24) is 0 Å². The van der Waals surface area contributed by atoms with Gasteiger partial charge in [-0.05, 0) is 11.6 Å². The van der Waals surface area contributed by atoms with E-state index >= 15 is 0 Å². The highest BCUT2D eigenvalue weighted by molar-refractivity contribution is 7.19. The molecule has 4 heteroatoms. The molecule has 0 atom stereocenters. The van der Waals surface area contributed by atoms with Crippen LogP contribution in [0.3, 0.4) is 0 Å². The van der Waals surface area contributed by atoms with E-state index in [0.29, 0.717) is 10.3 Å². The first-order chi connectivity index (χ1) is 6.76. The van der Waals surface area contributed by atoms with E-state index in [1.54, 1.807) is 18.2 Å². The normalized spacial score (nSPS) is 11.1. The third kappa shape index (κ3) is 1.52. The lowest BCUT2D eigenvalue weighted by molar-refractivity contribution is 0.282. The third-order valence-corrected chi connectivity index (χ3v) is 3.62. The van der Waals surface area contributed by atoms with Crippen LogP contribution in [0.4, 0.5) is 4.39 Å². The van der Waals surface area contributed by atoms with Gasteiger partial charge in [-0.1, -0.05) is 12.1 Å². The molecule has 0 bridgehead atoms. The molecule has 0 unspecified atom stereocenters. The Kier molecular flexibility index (Phi) is 2.72. The molecule has 1 aromatic heterocycles. The molecule has 2 rings (SSSR count). The predicted octanol–water partition coefficient (Wildman–Crippen LogP) is 3.27. The summed E-state index contributed by atoms with van der Waals surface area (Å²) >= 11 is 6.93. The van der Waals surface area contributed by atoms with Crippen molar-refractivity contribution in [2.45, 2.75) is 12.5 Å². The van der Waals surface area contributed by atoms with E-state index in [2.05, 4.69) is 0 Å². The number of benzene rings is 1. The molecule has 0 saturated carbocycles. The number of aliphatic hydroxyl groups excluding tert-OH is 1. The highest BCUT2D eigenvalue weighted by atomic mass is 35.5. The van der Waals surface area contributed by atoms with Crippen LogP contribution in [0.25, 0.3) is 10.1 Å². The van der Waals surface area contributed by atoms with Gasteiger partial charge in [0.1, 0.15) is 5.82 Å². The number of fused-ring (bicyclic) bond motifs is 1. The van der Waals surface area contributed by atoms with Gasteiger partial charge >= 0.3 is 0 Å². The summed E-state index contributed by atoms with van der Waals surface area (Å²) in [6, 6.07) is 5.19. The van der Waals surface area contributed by atoms with Crippen LogP contribution in [0.15, 0.2) is 18.2 Å². The van der Waals surface area contributed by atoms with Crippen LogP contribution >= 0.6 is 22.9 Å². The number of thiophene rings is 1. The lowest BCUT2D eigenvalue weighted by Crippen LogP contribution is -1.81. The summed E-state index contributed by atoms with van der Waals surface area (Å²) in [5.41, 5.74) is 0.792. The first-order valence-corrected chi connectivity index (χ1v) is 5.48. The van der Waals surface area contributed by atoms with Crippen molar-refractivity contribution >= 4 is 33.0 Å². The smallest absolute Gasteiger partial charge is 0.146 e. The minimum absolute atomic E-state index is 0.0222. The van der Waals surface area contributed by atoms with Crippen molar-refractivity contribution in [3.63, 3.8) is 0 Å². The Bertz CT molecular complexity index is 466. The summed E-state index contributed by atoms with van der Waals surface area (Å²) in [7, 11) is 0. The largest absolute Gasteiger partial charge is 0.392 e. The molecule has 1 N–H and O–H groups in total. The minimum Gasteiger partial charge on any atom is -0.392 e. The first-order valence-electron chi connectivity index (χ1n) is 4.13. The number of alkyl halides is 1. The fourth-order valence-corrected chi connectivity index (χ4v) is 2.62. The van der Waals surface area contributed by atoms with Gasteiger partial charge in [-0.25, -0.2) is 4.39 Å². The van der Waals surface area contributed by atoms with E-state index in [1.807, 2.05) is 0 Å². The number of rotatable bonds is 2. The van der Waals surface area contributed by atoms with E-state index in [9.17, 15) is 4.39 Å². The fraction of sp³-hybridized carbons (Fsp3) is 0.200. The topological polar surface area (TPSA) is 20.2 Å². The summed E-state index contributed by atoms with van der Waals surface area (Å²) < 4.78 is 14.4. The van der Waals surface area contributed by atoms with Crippen LogP contribution in [0, 0.1) is 5.82 Å². The van der Waals surface area contributed by atoms with Gasteiger partial charge in [-0.2, -0.15) is 0 Å². The molecule has 0 saturated heterocycles. The van der Waals surface area contributed by atoms with E-state index in [1.165, 1.54) is 11.3 Å². The van der Waals surface area contributed by atoms with Gasteiger partial charge in [0.15, 0.2) is 0 Å². The maximum absolute atomic E-state index is 13.5. The van der Waals surface area contributed by atoms with Crippen molar-refractivity contribution < 1.29 is 9.50 Å². The maximum Gasteiger partial charge on any atom is 0.146 e. The Balaban J connectivity index is 2.66. The average molecular weight is 231 g/mol. The number of aliphatic hydroxyl groups is 1. The third-order valence-electron chi connectivity index (χ3n) is 2.06. The van der Waals surface area contributed by atoms with Crippen molar-refractivity contribution in [3.05, 3.63) is 34.5 Å². The molecule has 0 radical (unpaired) electrons. The summed E-state index contributed by atoms with van der Waals surface area (Å²) in [6.07, 6.45) is 0. The van der Waals surface area contributed by atoms with Crippen molar-refractivity contribution in [1.29, 1.82) is 0 Å². The molecular weight excluding hydrogens is 223 g/mol. The summed E-state index contributed by atoms with van der Waals surface area (Å²) in [5, 5.41) is 9.50. The SMILES string of the molecule is OCc1ccc2c(F)c(CCl)sc2c1. The van der Waals surface area contributed by atoms with Gasteiger partial charge in [0.05, 0.1) is 17.4 Å². The van der Waals surface area contributed by atoms with Gasteiger partial charge in [0.25, 0.3) is 0 Å². The molecule has 74 valence electrons. The van der Waals surface area contributed by atoms with Crippen LogP contribution in [-0.2, 0) is 12.5 Å². The van der Waals surface area contributed by atoms with Crippen molar-refractivity contribution in [3.8, 4) is 0 Å². The van der Waals surface area contributed by atoms with E-state index in [0.717, 1.165) is 10.3 Å². The zero-order valence-corrected chi connectivity index (χ0v) is 8.83. The molecule has 0 spiro atoms. The van der Waals surface area contributed by atoms with Crippen LogP contribution in [0.5, 0.6) is 0 Å². The Hall–Kier alpha value is -0.640. The van der Waals surface area contributed by atoms with Gasteiger partial charge in [-0.15, -0.1) is 22.9 Å².